The van der Waals surface area contributed by atoms with Gasteiger partial charge in [-0.25, -0.2) is 4.79 Å². The fourth-order valence-corrected chi connectivity index (χ4v) is 3.25. The van der Waals surface area contributed by atoms with Crippen molar-refractivity contribution in [2.45, 2.75) is 19.4 Å². The zero-order valence-electron chi connectivity index (χ0n) is 15.4. The number of para-hydroxylation sites is 2. The third-order valence-corrected chi connectivity index (χ3v) is 4.57. The molecule has 146 valence electrons. The van der Waals surface area contributed by atoms with Gasteiger partial charge >= 0.3 is 5.97 Å². The standard InChI is InChI=1S/C20H19ClN2O5/c1-12-9-18(24)22-15-5-3-4-6-16(15)23(12)19(25)11-28-20(26)14-10-13(21)7-8-17(14)27-2/h3-8,10,12H,9,11H2,1-2H3,(H,22,24)/t12-/m0/s1. The molecule has 28 heavy (non-hydrogen) atoms. The van der Waals surface area contributed by atoms with Crippen LogP contribution in [0.1, 0.15) is 23.7 Å². The summed E-state index contributed by atoms with van der Waals surface area (Å²) in [5.74, 6) is -1.05. The molecular weight excluding hydrogens is 384 g/mol. The van der Waals surface area contributed by atoms with Crippen LogP contribution in [-0.4, -0.2) is 37.5 Å². The maximum Gasteiger partial charge on any atom is 0.342 e. The van der Waals surface area contributed by atoms with Crippen LogP contribution in [-0.2, 0) is 14.3 Å². The lowest BCUT2D eigenvalue weighted by Gasteiger charge is -2.27. The topological polar surface area (TPSA) is 84.9 Å². The minimum absolute atomic E-state index is 0.129. The second-order valence-corrected chi connectivity index (χ2v) is 6.74. The quantitative estimate of drug-likeness (QED) is 0.793. The van der Waals surface area contributed by atoms with Crippen LogP contribution in [0.2, 0.25) is 5.02 Å². The summed E-state index contributed by atoms with van der Waals surface area (Å²) in [5, 5.41) is 3.12. The lowest BCUT2D eigenvalue weighted by Crippen LogP contribution is -2.41. The lowest BCUT2D eigenvalue weighted by molar-refractivity contribution is -0.122. The van der Waals surface area contributed by atoms with Gasteiger partial charge in [-0.3, -0.25) is 9.59 Å². The molecule has 0 saturated heterocycles. The number of methoxy groups -OCH3 is 1. The Morgan fingerprint density at radius 2 is 2.00 bits per heavy atom. The summed E-state index contributed by atoms with van der Waals surface area (Å²) in [6, 6.07) is 11.1. The molecule has 3 rings (SSSR count). The molecule has 0 radical (unpaired) electrons. The molecule has 1 N–H and O–H groups in total. The van der Waals surface area contributed by atoms with Gasteiger partial charge in [0.2, 0.25) is 5.91 Å². The number of nitrogens with zero attached hydrogens (tertiary/aromatic N) is 1. The van der Waals surface area contributed by atoms with E-state index in [9.17, 15) is 14.4 Å². The first-order valence-corrected chi connectivity index (χ1v) is 9.00. The molecule has 8 heteroatoms. The smallest absolute Gasteiger partial charge is 0.342 e. The SMILES string of the molecule is COc1ccc(Cl)cc1C(=O)OCC(=O)N1c2ccccc2NC(=O)C[C@@H]1C. The van der Waals surface area contributed by atoms with E-state index in [1.54, 1.807) is 43.3 Å². The van der Waals surface area contributed by atoms with Crippen LogP contribution in [0, 0.1) is 0 Å². The van der Waals surface area contributed by atoms with Crippen molar-refractivity contribution in [3.8, 4) is 5.75 Å². The molecule has 0 saturated carbocycles. The predicted molar refractivity (Wildman–Crippen MR) is 105 cm³/mol. The lowest BCUT2D eigenvalue weighted by atomic mass is 10.1. The van der Waals surface area contributed by atoms with Crippen molar-refractivity contribution < 1.29 is 23.9 Å². The Morgan fingerprint density at radius 1 is 1.25 bits per heavy atom. The number of hydrogen-bond donors (Lipinski definition) is 1. The first-order chi connectivity index (χ1) is 13.4. The second-order valence-electron chi connectivity index (χ2n) is 6.30. The molecule has 2 amide bonds. The van der Waals surface area contributed by atoms with E-state index in [1.165, 1.54) is 18.1 Å². The van der Waals surface area contributed by atoms with Gasteiger partial charge in [0.1, 0.15) is 11.3 Å². The summed E-state index contributed by atoms with van der Waals surface area (Å²) in [4.78, 5) is 38.7. The molecule has 0 aliphatic carbocycles. The molecule has 1 heterocycles. The predicted octanol–water partition coefficient (Wildman–Crippen LogP) is 3.27. The molecule has 1 atom stereocenters. The minimum atomic E-state index is -0.724. The number of halogens is 1. The Labute approximate surface area is 167 Å². The van der Waals surface area contributed by atoms with E-state index in [-0.39, 0.29) is 17.9 Å². The van der Waals surface area contributed by atoms with Crippen molar-refractivity contribution in [2.24, 2.45) is 0 Å². The van der Waals surface area contributed by atoms with Crippen LogP contribution < -0.4 is 15.0 Å². The van der Waals surface area contributed by atoms with Gasteiger partial charge in [-0.1, -0.05) is 23.7 Å². The largest absolute Gasteiger partial charge is 0.496 e. The van der Waals surface area contributed by atoms with Crippen molar-refractivity contribution in [3.63, 3.8) is 0 Å². The first kappa shape index (κ1) is 19.7. The number of amides is 2. The average Bonchev–Trinajstić information content (AvgIpc) is 2.80. The number of nitrogens with one attached hydrogen (secondary N) is 1. The van der Waals surface area contributed by atoms with E-state index in [1.807, 2.05) is 0 Å². The van der Waals surface area contributed by atoms with Gasteiger partial charge in [0.15, 0.2) is 6.61 Å². The van der Waals surface area contributed by atoms with Crippen LogP contribution in [0.25, 0.3) is 0 Å². The van der Waals surface area contributed by atoms with E-state index < -0.39 is 24.5 Å². The first-order valence-electron chi connectivity index (χ1n) is 8.62. The van der Waals surface area contributed by atoms with Crippen molar-refractivity contribution in [2.75, 3.05) is 23.9 Å². The Kier molecular flexibility index (Phi) is 5.84. The van der Waals surface area contributed by atoms with Gasteiger partial charge in [0.05, 0.1) is 18.5 Å². The molecule has 0 unspecified atom stereocenters. The molecular formula is C20H19ClN2O5. The zero-order valence-corrected chi connectivity index (χ0v) is 16.2. The highest BCUT2D eigenvalue weighted by Gasteiger charge is 2.30. The Morgan fingerprint density at radius 3 is 2.75 bits per heavy atom. The Bertz CT molecular complexity index is 931. The number of carbonyl (C=O) groups is 3. The van der Waals surface area contributed by atoms with E-state index in [4.69, 9.17) is 21.1 Å². The number of benzene rings is 2. The fraction of sp³-hybridized carbons (Fsp3) is 0.250. The minimum Gasteiger partial charge on any atom is -0.496 e. The number of ether oxygens (including phenoxy) is 2. The van der Waals surface area contributed by atoms with Gasteiger partial charge in [0.25, 0.3) is 5.91 Å². The molecule has 1 aliphatic heterocycles. The second kappa shape index (κ2) is 8.31. The maximum absolute atomic E-state index is 12.8. The molecule has 0 fully saturated rings. The summed E-state index contributed by atoms with van der Waals surface area (Å²) in [6.07, 6.45) is 0.135. The van der Waals surface area contributed by atoms with Crippen LogP contribution >= 0.6 is 11.6 Å². The number of carbonyl (C=O) groups excluding carboxylic acids is 3. The molecule has 0 spiro atoms. The highest BCUT2D eigenvalue weighted by Crippen LogP contribution is 2.31. The van der Waals surface area contributed by atoms with Gasteiger partial charge < -0.3 is 19.7 Å². The number of hydrogen-bond acceptors (Lipinski definition) is 5. The van der Waals surface area contributed by atoms with Crippen LogP contribution in [0.4, 0.5) is 11.4 Å². The zero-order chi connectivity index (χ0) is 20.3. The van der Waals surface area contributed by atoms with Crippen molar-refractivity contribution in [1.82, 2.24) is 0 Å². The van der Waals surface area contributed by atoms with Crippen molar-refractivity contribution in [3.05, 3.63) is 53.1 Å². The van der Waals surface area contributed by atoms with E-state index in [0.717, 1.165) is 0 Å². The number of anilines is 2. The van der Waals surface area contributed by atoms with Gasteiger partial charge in [-0.05, 0) is 37.3 Å². The third kappa shape index (κ3) is 4.09. The third-order valence-electron chi connectivity index (χ3n) is 4.34. The highest BCUT2D eigenvalue weighted by atomic mass is 35.5. The molecule has 1 aliphatic rings. The Balaban J connectivity index is 1.78. The molecule has 0 bridgehead atoms. The molecule has 2 aromatic rings. The van der Waals surface area contributed by atoms with Gasteiger partial charge in [0, 0.05) is 17.5 Å². The average molecular weight is 403 g/mol. The highest BCUT2D eigenvalue weighted by molar-refractivity contribution is 6.31. The molecule has 2 aromatic carbocycles. The van der Waals surface area contributed by atoms with E-state index >= 15 is 0 Å². The van der Waals surface area contributed by atoms with Crippen LogP contribution in [0.3, 0.4) is 0 Å². The summed E-state index contributed by atoms with van der Waals surface area (Å²) >= 11 is 5.93. The Hall–Kier alpha value is -3.06. The van der Waals surface area contributed by atoms with Crippen LogP contribution in [0.15, 0.2) is 42.5 Å². The number of rotatable bonds is 4. The summed E-state index contributed by atoms with van der Waals surface area (Å²) < 4.78 is 10.3. The number of esters is 1. The molecule has 7 nitrogen and oxygen atoms in total. The molecule has 0 aromatic heterocycles. The number of fused-ring (bicyclic) bond motifs is 1. The summed E-state index contributed by atoms with van der Waals surface area (Å²) in [7, 11) is 1.42. The van der Waals surface area contributed by atoms with Gasteiger partial charge in [-0.2, -0.15) is 0 Å². The summed E-state index contributed by atoms with van der Waals surface area (Å²) in [5.41, 5.74) is 1.22. The fourth-order valence-electron chi connectivity index (χ4n) is 3.08. The maximum atomic E-state index is 12.8. The van der Waals surface area contributed by atoms with Crippen molar-refractivity contribution in [1.29, 1.82) is 0 Å². The van der Waals surface area contributed by atoms with E-state index in [0.29, 0.717) is 22.1 Å². The van der Waals surface area contributed by atoms with E-state index in [2.05, 4.69) is 5.32 Å². The van der Waals surface area contributed by atoms with Crippen molar-refractivity contribution >= 4 is 40.8 Å². The summed E-state index contributed by atoms with van der Waals surface area (Å²) in [6.45, 7) is 1.28. The monoisotopic (exact) mass is 402 g/mol. The normalized spacial score (nSPS) is 15.9. The van der Waals surface area contributed by atoms with Gasteiger partial charge in [-0.15, -0.1) is 0 Å². The van der Waals surface area contributed by atoms with Crippen LogP contribution in [0.5, 0.6) is 5.75 Å².